The summed E-state index contributed by atoms with van der Waals surface area (Å²) in [5.41, 5.74) is 6.01. The highest BCUT2D eigenvalue weighted by Gasteiger charge is 2.33. The highest BCUT2D eigenvalue weighted by molar-refractivity contribution is 6.09. The van der Waals surface area contributed by atoms with Gasteiger partial charge in [-0.25, -0.2) is 0 Å². The molecule has 1 aliphatic rings. The summed E-state index contributed by atoms with van der Waals surface area (Å²) in [5, 5.41) is 5.46. The van der Waals surface area contributed by atoms with Crippen LogP contribution in [0.15, 0.2) is 48.5 Å². The summed E-state index contributed by atoms with van der Waals surface area (Å²) >= 11 is 0. The van der Waals surface area contributed by atoms with Gasteiger partial charge >= 0.3 is 0 Å². The van der Waals surface area contributed by atoms with Crippen molar-refractivity contribution in [3.63, 3.8) is 0 Å². The van der Waals surface area contributed by atoms with E-state index in [4.69, 9.17) is 0 Å². The summed E-state index contributed by atoms with van der Waals surface area (Å²) in [6, 6.07) is 16.1. The Kier molecular flexibility index (Phi) is 2.75. The lowest BCUT2D eigenvalue weighted by molar-refractivity contribution is 0.563. The van der Waals surface area contributed by atoms with Crippen LogP contribution < -0.4 is 0 Å². The van der Waals surface area contributed by atoms with Gasteiger partial charge in [-0.15, -0.1) is 0 Å². The number of aryl methyl sites for hydroxylation is 1. The van der Waals surface area contributed by atoms with E-state index >= 15 is 0 Å². The normalized spacial score (nSPS) is 18.3. The largest absolute Gasteiger partial charge is 0.0838 e. The molecule has 0 bridgehead atoms. The summed E-state index contributed by atoms with van der Waals surface area (Å²) in [5.74, 6) is 0. The molecule has 0 heterocycles. The molecule has 0 radical (unpaired) electrons. The number of benzene rings is 3. The third-order valence-corrected chi connectivity index (χ3v) is 5.19. The Morgan fingerprint density at radius 2 is 1.59 bits per heavy atom. The minimum atomic E-state index is 0.233. The van der Waals surface area contributed by atoms with Crippen LogP contribution in [0.1, 0.15) is 43.9 Å². The van der Waals surface area contributed by atoms with Crippen LogP contribution in [0.3, 0.4) is 0 Å². The second-order valence-corrected chi connectivity index (χ2v) is 7.28. The smallest absolute Gasteiger partial charge is 0.00569 e. The van der Waals surface area contributed by atoms with Crippen LogP contribution >= 0.6 is 0 Å². The predicted octanol–water partition coefficient (Wildman–Crippen LogP) is 6.39. The zero-order valence-electron chi connectivity index (χ0n) is 13.8. The van der Waals surface area contributed by atoms with Gasteiger partial charge in [0.15, 0.2) is 0 Å². The molecular weight excluding hydrogens is 264 g/mol. The van der Waals surface area contributed by atoms with E-state index in [0.717, 1.165) is 6.42 Å². The van der Waals surface area contributed by atoms with Crippen molar-refractivity contribution in [1.29, 1.82) is 0 Å². The van der Waals surface area contributed by atoms with E-state index in [-0.39, 0.29) is 5.41 Å². The molecule has 0 saturated heterocycles. The van der Waals surface area contributed by atoms with E-state index in [2.05, 4.69) is 76.2 Å². The Bertz CT molecular complexity index is 939. The highest BCUT2D eigenvalue weighted by atomic mass is 14.4. The molecule has 0 saturated carbocycles. The molecule has 0 aromatic heterocycles. The zero-order valence-corrected chi connectivity index (χ0v) is 13.8. The van der Waals surface area contributed by atoms with E-state index in [0.29, 0.717) is 0 Å². The van der Waals surface area contributed by atoms with Gasteiger partial charge < -0.3 is 0 Å². The third kappa shape index (κ3) is 1.83. The average Bonchev–Trinajstić information content (AvgIpc) is 2.76. The van der Waals surface area contributed by atoms with Crippen molar-refractivity contribution in [2.75, 3.05) is 0 Å². The van der Waals surface area contributed by atoms with Crippen LogP contribution in [0, 0.1) is 6.92 Å². The molecule has 0 amide bonds. The Morgan fingerprint density at radius 3 is 2.36 bits per heavy atom. The number of hydrogen-bond donors (Lipinski definition) is 0. The van der Waals surface area contributed by atoms with Crippen LogP contribution in [0.2, 0.25) is 0 Å². The van der Waals surface area contributed by atoms with Gasteiger partial charge in [-0.05, 0) is 76.1 Å². The molecule has 3 aromatic rings. The van der Waals surface area contributed by atoms with Gasteiger partial charge in [0.25, 0.3) is 0 Å². The first-order valence-corrected chi connectivity index (χ1v) is 8.13. The molecule has 0 N–H and O–H groups in total. The van der Waals surface area contributed by atoms with Crippen molar-refractivity contribution < 1.29 is 0 Å². The summed E-state index contributed by atoms with van der Waals surface area (Å²) in [6.07, 6.45) is 3.43. The molecule has 0 atom stereocenters. The monoisotopic (exact) mass is 286 g/mol. The van der Waals surface area contributed by atoms with E-state index in [9.17, 15) is 0 Å². The standard InChI is InChI=1S/C22H22/c1-5-15-13-22(3,4)21-12-19-17(11-20(15)21)9-8-16-7-6-14(2)10-18(16)19/h5-12H,13H2,1-4H3. The molecule has 3 aromatic carbocycles. The van der Waals surface area contributed by atoms with Crippen LogP contribution in [0.4, 0.5) is 0 Å². The van der Waals surface area contributed by atoms with Crippen molar-refractivity contribution in [1.82, 2.24) is 0 Å². The van der Waals surface area contributed by atoms with Gasteiger partial charge in [-0.2, -0.15) is 0 Å². The molecule has 110 valence electrons. The van der Waals surface area contributed by atoms with Gasteiger partial charge in [0.05, 0.1) is 0 Å². The first-order valence-electron chi connectivity index (χ1n) is 8.13. The van der Waals surface area contributed by atoms with Crippen LogP contribution in [-0.2, 0) is 5.41 Å². The summed E-state index contributed by atoms with van der Waals surface area (Å²) in [7, 11) is 0. The maximum absolute atomic E-state index is 2.45. The molecule has 4 rings (SSSR count). The number of hydrogen-bond acceptors (Lipinski definition) is 0. The maximum atomic E-state index is 2.45. The number of rotatable bonds is 0. The van der Waals surface area contributed by atoms with Crippen molar-refractivity contribution in [3.8, 4) is 0 Å². The molecule has 0 aliphatic heterocycles. The fourth-order valence-electron chi connectivity index (χ4n) is 3.97. The second-order valence-electron chi connectivity index (χ2n) is 7.28. The molecule has 0 fully saturated rings. The quantitative estimate of drug-likeness (QED) is 0.420. The van der Waals surface area contributed by atoms with E-state index in [1.54, 1.807) is 0 Å². The zero-order chi connectivity index (χ0) is 15.5. The Balaban J connectivity index is 2.14. The molecule has 0 heteroatoms. The fraction of sp³-hybridized carbons (Fsp3) is 0.273. The molecule has 0 spiro atoms. The minimum Gasteiger partial charge on any atom is -0.0838 e. The maximum Gasteiger partial charge on any atom is -0.00569 e. The predicted molar refractivity (Wildman–Crippen MR) is 97.5 cm³/mol. The van der Waals surface area contributed by atoms with E-state index in [1.165, 1.54) is 43.8 Å². The van der Waals surface area contributed by atoms with Gasteiger partial charge in [0.2, 0.25) is 0 Å². The lowest BCUT2D eigenvalue weighted by Crippen LogP contribution is -2.11. The lowest BCUT2D eigenvalue weighted by Gasteiger charge is -2.19. The van der Waals surface area contributed by atoms with Crippen molar-refractivity contribution in [3.05, 3.63) is 65.2 Å². The summed E-state index contributed by atoms with van der Waals surface area (Å²) in [6.45, 7) is 9.07. The average molecular weight is 286 g/mol. The molecule has 0 nitrogen and oxygen atoms in total. The van der Waals surface area contributed by atoms with Crippen LogP contribution in [-0.4, -0.2) is 0 Å². The first-order chi connectivity index (χ1) is 10.5. The minimum absolute atomic E-state index is 0.233. The molecule has 0 unspecified atom stereocenters. The summed E-state index contributed by atoms with van der Waals surface area (Å²) < 4.78 is 0. The van der Waals surface area contributed by atoms with E-state index in [1.807, 2.05) is 0 Å². The van der Waals surface area contributed by atoms with Gasteiger partial charge in [0, 0.05) is 0 Å². The second kappa shape index (κ2) is 4.46. The van der Waals surface area contributed by atoms with Gasteiger partial charge in [-0.3, -0.25) is 0 Å². The molecular formula is C22H22. The Morgan fingerprint density at radius 1 is 0.909 bits per heavy atom. The molecule has 22 heavy (non-hydrogen) atoms. The first kappa shape index (κ1) is 13.6. The van der Waals surface area contributed by atoms with Gasteiger partial charge in [-0.1, -0.05) is 55.8 Å². The Hall–Kier alpha value is -2.08. The van der Waals surface area contributed by atoms with Gasteiger partial charge in [0.1, 0.15) is 0 Å². The fourth-order valence-corrected chi connectivity index (χ4v) is 3.97. The number of fused-ring (bicyclic) bond motifs is 4. The number of allylic oxidation sites excluding steroid dienone is 2. The summed E-state index contributed by atoms with van der Waals surface area (Å²) in [4.78, 5) is 0. The van der Waals surface area contributed by atoms with Crippen molar-refractivity contribution in [2.45, 2.75) is 39.5 Å². The van der Waals surface area contributed by atoms with Crippen molar-refractivity contribution >= 4 is 27.1 Å². The SMILES string of the molecule is CC=C1CC(C)(C)c2cc3c(ccc4ccc(C)cc43)cc21. The van der Waals surface area contributed by atoms with E-state index < -0.39 is 0 Å². The Labute approximate surface area is 132 Å². The third-order valence-electron chi connectivity index (χ3n) is 5.19. The lowest BCUT2D eigenvalue weighted by atomic mass is 9.85. The topological polar surface area (TPSA) is 0 Å². The van der Waals surface area contributed by atoms with Crippen LogP contribution in [0.25, 0.3) is 27.1 Å². The van der Waals surface area contributed by atoms with Crippen molar-refractivity contribution in [2.24, 2.45) is 0 Å². The van der Waals surface area contributed by atoms with Crippen LogP contribution in [0.5, 0.6) is 0 Å². The molecule has 1 aliphatic carbocycles. The highest BCUT2D eigenvalue weighted by Crippen LogP contribution is 2.47.